The van der Waals surface area contributed by atoms with Gasteiger partial charge in [0.05, 0.1) is 6.20 Å². The highest BCUT2D eigenvalue weighted by molar-refractivity contribution is 5.87. The summed E-state index contributed by atoms with van der Waals surface area (Å²) < 4.78 is 0. The number of aromatic nitrogens is 1. The maximum atomic E-state index is 9.40. The Kier molecular flexibility index (Phi) is 1.47. The van der Waals surface area contributed by atoms with Crippen LogP contribution >= 0.6 is 0 Å². The fourth-order valence-electron chi connectivity index (χ4n) is 1.28. The molecule has 0 spiro atoms. The molecule has 2 rings (SSSR count). The molecule has 0 amide bonds. The lowest BCUT2D eigenvalue weighted by atomic mass is 10.1. The van der Waals surface area contributed by atoms with E-state index in [9.17, 15) is 5.11 Å². The average molecular weight is 159 g/mol. The van der Waals surface area contributed by atoms with Crippen LogP contribution in [0.4, 0.5) is 0 Å². The molecule has 60 valence electrons. The molecule has 2 nitrogen and oxygen atoms in total. The van der Waals surface area contributed by atoms with Crippen molar-refractivity contribution in [3.8, 4) is 5.75 Å². The van der Waals surface area contributed by atoms with E-state index in [1.54, 1.807) is 6.20 Å². The lowest BCUT2D eigenvalue weighted by molar-refractivity contribution is 0.479. The first-order chi connectivity index (χ1) is 5.77. The second-order valence-electron chi connectivity index (χ2n) is 2.88. The van der Waals surface area contributed by atoms with Crippen molar-refractivity contribution in [3.63, 3.8) is 0 Å². The van der Waals surface area contributed by atoms with Gasteiger partial charge in [-0.1, -0.05) is 17.7 Å². The second kappa shape index (κ2) is 2.48. The molecule has 0 bridgehead atoms. The second-order valence-corrected chi connectivity index (χ2v) is 2.88. The van der Waals surface area contributed by atoms with Gasteiger partial charge in [0.25, 0.3) is 0 Å². The van der Waals surface area contributed by atoms with E-state index in [2.05, 4.69) is 4.98 Å². The monoisotopic (exact) mass is 159 g/mol. The zero-order chi connectivity index (χ0) is 8.55. The zero-order valence-corrected chi connectivity index (χ0v) is 6.78. The van der Waals surface area contributed by atoms with Crippen molar-refractivity contribution in [1.82, 2.24) is 4.98 Å². The average Bonchev–Trinajstić information content (AvgIpc) is 2.04. The van der Waals surface area contributed by atoms with Crippen LogP contribution in [0.3, 0.4) is 0 Å². The molecule has 0 atom stereocenters. The minimum absolute atomic E-state index is 0.243. The number of aromatic hydroxyl groups is 1. The normalized spacial score (nSPS) is 10.4. The number of rotatable bonds is 0. The van der Waals surface area contributed by atoms with Gasteiger partial charge in [-0.05, 0) is 13.0 Å². The number of nitrogens with zero attached hydrogens (tertiary/aromatic N) is 1. The SMILES string of the molecule is Cc1ccc2c(O)cncc2c1. The maximum absolute atomic E-state index is 9.40. The van der Waals surface area contributed by atoms with Crippen molar-refractivity contribution in [2.75, 3.05) is 0 Å². The first-order valence-corrected chi connectivity index (χ1v) is 3.81. The molecule has 1 heterocycles. The molecule has 0 saturated heterocycles. The number of fused-ring (bicyclic) bond motifs is 1. The van der Waals surface area contributed by atoms with E-state index in [4.69, 9.17) is 0 Å². The predicted octanol–water partition coefficient (Wildman–Crippen LogP) is 2.25. The molecule has 2 aromatic rings. The molecule has 1 N–H and O–H groups in total. The molecule has 0 unspecified atom stereocenters. The van der Waals surface area contributed by atoms with Crippen molar-refractivity contribution >= 4 is 10.8 Å². The fourth-order valence-corrected chi connectivity index (χ4v) is 1.28. The predicted molar refractivity (Wildman–Crippen MR) is 48.1 cm³/mol. The lowest BCUT2D eigenvalue weighted by Crippen LogP contribution is -1.78. The molecular weight excluding hydrogens is 150 g/mol. The van der Waals surface area contributed by atoms with Gasteiger partial charge in [0, 0.05) is 17.0 Å². The van der Waals surface area contributed by atoms with Crippen LogP contribution in [0.2, 0.25) is 0 Å². The standard InChI is InChI=1S/C10H9NO/c1-7-2-3-9-8(4-7)5-11-6-10(9)12/h2-6,12H,1H3. The third-order valence-corrected chi connectivity index (χ3v) is 1.89. The highest BCUT2D eigenvalue weighted by atomic mass is 16.3. The molecule has 0 fully saturated rings. The van der Waals surface area contributed by atoms with Gasteiger partial charge in [0.15, 0.2) is 0 Å². The third kappa shape index (κ3) is 1.01. The Hall–Kier alpha value is -1.57. The topological polar surface area (TPSA) is 33.1 Å². The highest BCUT2D eigenvalue weighted by Crippen LogP contribution is 2.23. The summed E-state index contributed by atoms with van der Waals surface area (Å²) in [7, 11) is 0. The molecule has 0 radical (unpaired) electrons. The van der Waals surface area contributed by atoms with Gasteiger partial charge in [-0.3, -0.25) is 4.98 Å². The Bertz CT molecular complexity index is 423. The summed E-state index contributed by atoms with van der Waals surface area (Å²) in [5.74, 6) is 0.243. The van der Waals surface area contributed by atoms with Gasteiger partial charge < -0.3 is 5.11 Å². The molecule has 1 aromatic heterocycles. The lowest BCUT2D eigenvalue weighted by Gasteiger charge is -1.99. The molecule has 0 aliphatic heterocycles. The number of benzene rings is 1. The van der Waals surface area contributed by atoms with Crippen LogP contribution in [0.1, 0.15) is 5.56 Å². The van der Waals surface area contributed by atoms with Crippen LogP contribution in [0.15, 0.2) is 30.6 Å². The van der Waals surface area contributed by atoms with Crippen molar-refractivity contribution < 1.29 is 5.11 Å². The highest BCUT2D eigenvalue weighted by Gasteiger charge is 1.97. The largest absolute Gasteiger partial charge is 0.506 e. The van der Waals surface area contributed by atoms with Gasteiger partial charge in [-0.15, -0.1) is 0 Å². The Morgan fingerprint density at radius 3 is 2.92 bits per heavy atom. The summed E-state index contributed by atoms with van der Waals surface area (Å²) in [6.45, 7) is 2.02. The van der Waals surface area contributed by atoms with Gasteiger partial charge in [0.2, 0.25) is 0 Å². The molecular formula is C10H9NO. The minimum atomic E-state index is 0.243. The van der Waals surface area contributed by atoms with Crippen LogP contribution in [-0.4, -0.2) is 10.1 Å². The quantitative estimate of drug-likeness (QED) is 0.639. The molecule has 0 aliphatic carbocycles. The molecule has 0 aliphatic rings. The Morgan fingerprint density at radius 2 is 2.08 bits per heavy atom. The fraction of sp³-hybridized carbons (Fsp3) is 0.100. The maximum Gasteiger partial charge on any atom is 0.141 e. The van der Waals surface area contributed by atoms with E-state index < -0.39 is 0 Å². The number of aryl methyl sites for hydroxylation is 1. The molecule has 1 aromatic carbocycles. The summed E-state index contributed by atoms with van der Waals surface area (Å²) in [6.07, 6.45) is 3.21. The molecule has 0 saturated carbocycles. The number of hydrogen-bond donors (Lipinski definition) is 1. The first-order valence-electron chi connectivity index (χ1n) is 3.81. The Morgan fingerprint density at radius 1 is 1.25 bits per heavy atom. The van der Waals surface area contributed by atoms with Crippen LogP contribution in [0, 0.1) is 6.92 Å². The number of pyridine rings is 1. The smallest absolute Gasteiger partial charge is 0.141 e. The summed E-state index contributed by atoms with van der Waals surface area (Å²) in [5, 5.41) is 11.2. The van der Waals surface area contributed by atoms with Crippen LogP contribution in [0.25, 0.3) is 10.8 Å². The molecule has 2 heteroatoms. The summed E-state index contributed by atoms with van der Waals surface area (Å²) in [6, 6.07) is 5.88. The van der Waals surface area contributed by atoms with Crippen molar-refractivity contribution in [2.24, 2.45) is 0 Å². The van der Waals surface area contributed by atoms with Crippen LogP contribution < -0.4 is 0 Å². The Balaban J connectivity index is 2.86. The minimum Gasteiger partial charge on any atom is -0.506 e. The van der Waals surface area contributed by atoms with Crippen molar-refractivity contribution in [1.29, 1.82) is 0 Å². The number of hydrogen-bond acceptors (Lipinski definition) is 2. The zero-order valence-electron chi connectivity index (χ0n) is 6.78. The summed E-state index contributed by atoms with van der Waals surface area (Å²) >= 11 is 0. The van der Waals surface area contributed by atoms with Gasteiger partial charge in [0.1, 0.15) is 5.75 Å². The van der Waals surface area contributed by atoms with E-state index in [1.165, 1.54) is 11.8 Å². The van der Waals surface area contributed by atoms with E-state index in [-0.39, 0.29) is 5.75 Å². The summed E-state index contributed by atoms with van der Waals surface area (Å²) in [4.78, 5) is 3.90. The third-order valence-electron chi connectivity index (χ3n) is 1.89. The first kappa shape index (κ1) is 7.10. The van der Waals surface area contributed by atoms with Gasteiger partial charge in [-0.25, -0.2) is 0 Å². The van der Waals surface area contributed by atoms with E-state index in [0.717, 1.165) is 10.8 Å². The van der Waals surface area contributed by atoms with Gasteiger partial charge in [-0.2, -0.15) is 0 Å². The molecule has 12 heavy (non-hydrogen) atoms. The Labute approximate surface area is 70.5 Å². The van der Waals surface area contributed by atoms with Crippen LogP contribution in [0.5, 0.6) is 5.75 Å². The van der Waals surface area contributed by atoms with Gasteiger partial charge >= 0.3 is 0 Å². The van der Waals surface area contributed by atoms with E-state index in [1.807, 2.05) is 25.1 Å². The van der Waals surface area contributed by atoms with E-state index in [0.29, 0.717) is 0 Å². The van der Waals surface area contributed by atoms with Crippen molar-refractivity contribution in [3.05, 3.63) is 36.2 Å². The van der Waals surface area contributed by atoms with E-state index >= 15 is 0 Å². The van der Waals surface area contributed by atoms with Crippen molar-refractivity contribution in [2.45, 2.75) is 6.92 Å². The van der Waals surface area contributed by atoms with Crippen LogP contribution in [-0.2, 0) is 0 Å². The summed E-state index contributed by atoms with van der Waals surface area (Å²) in [5.41, 5.74) is 1.18.